The van der Waals surface area contributed by atoms with Gasteiger partial charge < -0.3 is 24.9 Å². The van der Waals surface area contributed by atoms with E-state index in [2.05, 4.69) is 378 Å². The Hall–Kier alpha value is -11.4. The molecule has 0 radical (unpaired) electrons. The van der Waals surface area contributed by atoms with Crippen LogP contribution in [0.4, 0.5) is 68.2 Å². The number of benzene rings is 12. The van der Waals surface area contributed by atoms with E-state index in [1.807, 2.05) is 0 Å². The molecule has 6 heteroatoms. The van der Waals surface area contributed by atoms with E-state index >= 15 is 0 Å². The molecule has 96 heavy (non-hydrogen) atoms. The molecule has 5 aliphatic heterocycles. The molecule has 0 aliphatic carbocycles. The van der Waals surface area contributed by atoms with Gasteiger partial charge in [0.1, 0.15) is 6.07 Å². The van der Waals surface area contributed by atoms with Gasteiger partial charge in [0.25, 0.3) is 0 Å². The van der Waals surface area contributed by atoms with Crippen LogP contribution in [0.15, 0.2) is 297 Å². The van der Waals surface area contributed by atoms with Gasteiger partial charge in [0.2, 0.25) is 0 Å². The Kier molecular flexibility index (Phi) is 13.3. The number of nitriles is 1. The van der Waals surface area contributed by atoms with Crippen molar-refractivity contribution in [3.8, 4) is 6.07 Å². The van der Waals surface area contributed by atoms with Crippen LogP contribution in [-0.2, 0) is 21.7 Å². The van der Waals surface area contributed by atoms with E-state index in [1.54, 1.807) is 0 Å². The monoisotopic (exact) mass is 1240 g/mol. The number of para-hydroxylation sites is 8. The van der Waals surface area contributed by atoms with E-state index < -0.39 is 6.04 Å². The van der Waals surface area contributed by atoms with E-state index in [0.717, 1.165) is 84.6 Å². The summed E-state index contributed by atoms with van der Waals surface area (Å²) in [4.78, 5) is 9.64. The molecule has 1 atom stereocenters. The maximum atomic E-state index is 12.4. The Morgan fingerprint density at radius 2 is 0.510 bits per heavy atom. The number of anilines is 12. The van der Waals surface area contributed by atoms with Gasteiger partial charge in [-0.05, 0) is 164 Å². The van der Waals surface area contributed by atoms with Crippen molar-refractivity contribution < 1.29 is 0 Å². The molecule has 17 rings (SSSR count). The standard InChI is InChI=1S/C90H74N6/c1-87(2)67-25-9-17-33-75(67)93(76-34-18-10-26-68(76)87)62-49-41-58(42-50-62)83-66(57-91)84(59-43-51-63(52-44-59)94-77-35-19-11-27-69(77)88(3,4)70-28-12-20-36-78(70)94)86(61-47-55-65(56-48-61)96-81-39-23-15-31-73(81)90(7,8)74-32-16-24-40-82(74)96)92-85(83)60-45-53-64(54-46-60)95-79-37-21-13-29-71(79)89(5,6)72-30-14-22-38-80(72)95/h9-56,85,92H,1-8H3. The molecule has 1 N–H and O–H groups in total. The number of fused-ring (bicyclic) bond motifs is 8. The third kappa shape index (κ3) is 8.76. The van der Waals surface area contributed by atoms with Crippen molar-refractivity contribution in [1.82, 2.24) is 5.32 Å². The summed E-state index contributed by atoms with van der Waals surface area (Å²) in [5.74, 6) is 0. The van der Waals surface area contributed by atoms with Gasteiger partial charge >= 0.3 is 0 Å². The number of allylic oxidation sites excluding steroid dienone is 2. The number of nitrogens with zero attached hydrogens (tertiary/aromatic N) is 5. The zero-order valence-corrected chi connectivity index (χ0v) is 55.5. The molecule has 0 amide bonds. The molecular formula is C90H74N6. The zero-order chi connectivity index (χ0) is 65.4. The fourth-order valence-corrected chi connectivity index (χ4v) is 16.8. The SMILES string of the molecule is CC1(C)c2ccccc2N(c2ccc(C3=C(c4ccc(N5c6ccccc6C(C)(C)c6ccccc65)cc4)C(C#N)=C(c4ccc(N5c6ccccc6C(C)(C)c6ccccc65)cc4)C(c4ccc(N5c6ccccc6C(C)(C)c6ccccc65)cc4)N3)cc2)c2ccccc21. The molecule has 1 unspecified atom stereocenters. The first-order valence-electron chi connectivity index (χ1n) is 33.7. The fraction of sp³-hybridized carbons (Fsp3) is 0.144. The largest absolute Gasteiger partial charge is 0.373 e. The van der Waals surface area contributed by atoms with E-state index in [0.29, 0.717) is 5.57 Å². The van der Waals surface area contributed by atoms with Gasteiger partial charge in [-0.1, -0.05) is 250 Å². The molecule has 0 spiro atoms. The fourth-order valence-electron chi connectivity index (χ4n) is 16.8. The first kappa shape index (κ1) is 58.4. The van der Waals surface area contributed by atoms with E-state index in [9.17, 15) is 5.26 Å². The lowest BCUT2D eigenvalue weighted by atomic mass is 9.73. The van der Waals surface area contributed by atoms with Crippen molar-refractivity contribution in [3.63, 3.8) is 0 Å². The lowest BCUT2D eigenvalue weighted by Crippen LogP contribution is -2.31. The summed E-state index contributed by atoms with van der Waals surface area (Å²) in [7, 11) is 0. The first-order valence-corrected chi connectivity index (χ1v) is 33.7. The molecule has 0 saturated heterocycles. The Balaban J connectivity index is 0.862. The zero-order valence-electron chi connectivity index (χ0n) is 55.5. The van der Waals surface area contributed by atoms with Crippen LogP contribution in [0.25, 0.3) is 16.8 Å². The van der Waals surface area contributed by atoms with E-state index in [1.165, 1.54) is 67.3 Å². The number of nitrogens with one attached hydrogen (secondary N) is 1. The molecule has 0 fully saturated rings. The number of rotatable bonds is 8. The topological polar surface area (TPSA) is 48.8 Å². The van der Waals surface area contributed by atoms with E-state index in [-0.39, 0.29) is 21.7 Å². The van der Waals surface area contributed by atoms with Gasteiger partial charge in [0.05, 0.1) is 62.8 Å². The molecule has 5 heterocycles. The highest BCUT2D eigenvalue weighted by Gasteiger charge is 2.42. The summed E-state index contributed by atoms with van der Waals surface area (Å²) < 4.78 is 0. The van der Waals surface area contributed by atoms with Crippen molar-refractivity contribution >= 4 is 85.1 Å². The van der Waals surface area contributed by atoms with Gasteiger partial charge in [-0.25, -0.2) is 0 Å². The lowest BCUT2D eigenvalue weighted by Gasteiger charge is -2.42. The minimum Gasteiger partial charge on any atom is -0.373 e. The molecule has 0 saturated carbocycles. The van der Waals surface area contributed by atoms with Crippen LogP contribution < -0.4 is 24.9 Å². The van der Waals surface area contributed by atoms with Gasteiger partial charge in [-0.2, -0.15) is 5.26 Å². The third-order valence-electron chi connectivity index (χ3n) is 21.8. The predicted molar refractivity (Wildman–Crippen MR) is 398 cm³/mol. The molecule has 464 valence electrons. The average molecular weight is 1240 g/mol. The van der Waals surface area contributed by atoms with Gasteiger partial charge in [-0.3, -0.25) is 0 Å². The highest BCUT2D eigenvalue weighted by molar-refractivity contribution is 6.08. The maximum Gasteiger partial charge on any atom is 0.100 e. The predicted octanol–water partition coefficient (Wildman–Crippen LogP) is 23.3. The van der Waals surface area contributed by atoms with Crippen LogP contribution in [0.1, 0.15) is 128 Å². The molecule has 6 nitrogen and oxygen atoms in total. The molecular weight excluding hydrogens is 1170 g/mol. The minimum atomic E-state index is -0.470. The Morgan fingerprint density at radius 3 is 0.771 bits per heavy atom. The van der Waals surface area contributed by atoms with E-state index in [4.69, 9.17) is 0 Å². The second kappa shape index (κ2) is 21.8. The van der Waals surface area contributed by atoms with Gasteiger partial charge in [-0.15, -0.1) is 0 Å². The lowest BCUT2D eigenvalue weighted by molar-refractivity contribution is 0.631. The van der Waals surface area contributed by atoms with Crippen molar-refractivity contribution in [1.29, 1.82) is 5.26 Å². The number of hydrogen-bond donors (Lipinski definition) is 1. The maximum absolute atomic E-state index is 12.4. The van der Waals surface area contributed by atoms with Crippen LogP contribution >= 0.6 is 0 Å². The first-order chi connectivity index (χ1) is 46.6. The number of hydrogen-bond acceptors (Lipinski definition) is 6. The summed E-state index contributed by atoms with van der Waals surface area (Å²) >= 11 is 0. The third-order valence-corrected chi connectivity index (χ3v) is 21.8. The Labute approximate surface area is 564 Å². The van der Waals surface area contributed by atoms with Crippen molar-refractivity contribution in [2.45, 2.75) is 83.1 Å². The smallest absolute Gasteiger partial charge is 0.100 e. The summed E-state index contributed by atoms with van der Waals surface area (Å²) in [6.45, 7) is 18.6. The highest BCUT2D eigenvalue weighted by Crippen LogP contribution is 2.58. The average Bonchev–Trinajstić information content (AvgIpc) is 0.751. The molecule has 0 aromatic heterocycles. The van der Waals surface area contributed by atoms with Crippen LogP contribution in [0.5, 0.6) is 0 Å². The Morgan fingerprint density at radius 1 is 0.281 bits per heavy atom. The van der Waals surface area contributed by atoms with Crippen LogP contribution in [0.2, 0.25) is 0 Å². The summed E-state index contributed by atoms with van der Waals surface area (Å²) in [5.41, 5.74) is 30.0. The highest BCUT2D eigenvalue weighted by atomic mass is 15.2. The normalized spacial score (nSPS) is 17.1. The quantitative estimate of drug-likeness (QED) is 0.164. The number of dihydropyridines is 1. The van der Waals surface area contributed by atoms with Crippen molar-refractivity contribution in [2.75, 3.05) is 19.6 Å². The summed E-state index contributed by atoms with van der Waals surface area (Å²) in [6.07, 6.45) is 0. The summed E-state index contributed by atoms with van der Waals surface area (Å²) in [6, 6.07) is 109. The van der Waals surface area contributed by atoms with Crippen LogP contribution in [-0.4, -0.2) is 0 Å². The summed E-state index contributed by atoms with van der Waals surface area (Å²) in [5, 5.41) is 16.7. The molecule has 12 aromatic rings. The van der Waals surface area contributed by atoms with Crippen molar-refractivity contribution in [3.05, 3.63) is 364 Å². The second-order valence-corrected chi connectivity index (χ2v) is 28.4. The van der Waals surface area contributed by atoms with Crippen molar-refractivity contribution in [2.24, 2.45) is 0 Å². The molecule has 5 aliphatic rings. The second-order valence-electron chi connectivity index (χ2n) is 28.4. The van der Waals surface area contributed by atoms with Gasteiger partial charge in [0, 0.05) is 55.6 Å². The minimum absolute atomic E-state index is 0.198. The Bertz CT molecular complexity index is 5030. The molecule has 0 bridgehead atoms. The van der Waals surface area contributed by atoms with Crippen LogP contribution in [0, 0.1) is 11.3 Å². The molecule has 12 aromatic carbocycles. The van der Waals surface area contributed by atoms with Crippen LogP contribution in [0.3, 0.4) is 0 Å². The van der Waals surface area contributed by atoms with Gasteiger partial charge in [0.15, 0.2) is 0 Å².